The molecule has 0 aromatic heterocycles. The smallest absolute Gasteiger partial charge is 0.0119 e. The molecule has 0 aromatic carbocycles. The molecule has 0 spiro atoms. The van der Waals surface area contributed by atoms with Crippen LogP contribution in [-0.2, 0) is 0 Å². The first kappa shape index (κ1) is 12.9. The van der Waals surface area contributed by atoms with Gasteiger partial charge in [-0.2, -0.15) is 0 Å². The Bertz CT molecular complexity index is 176. The monoisotopic (exact) mass is 213 g/mol. The summed E-state index contributed by atoms with van der Waals surface area (Å²) in [5.74, 6) is 0.592. The summed E-state index contributed by atoms with van der Waals surface area (Å²) >= 11 is 0. The Morgan fingerprint density at radius 2 is 1.87 bits per heavy atom. The predicted molar refractivity (Wildman–Crippen MR) is 66.0 cm³/mol. The van der Waals surface area contributed by atoms with Crippen LogP contribution in [-0.4, -0.2) is 55.6 Å². The molecule has 1 rings (SSSR count). The van der Waals surface area contributed by atoms with Crippen molar-refractivity contribution >= 4 is 0 Å². The molecule has 3 heteroatoms. The Labute approximate surface area is 94.6 Å². The number of likely N-dealkylation sites (tertiary alicyclic amines) is 1. The third-order valence-corrected chi connectivity index (χ3v) is 4.10. The molecular formula is C12H27N3. The van der Waals surface area contributed by atoms with Gasteiger partial charge in [0, 0.05) is 12.1 Å². The molecule has 0 bridgehead atoms. The maximum absolute atomic E-state index is 5.73. The van der Waals surface area contributed by atoms with Gasteiger partial charge in [-0.3, -0.25) is 0 Å². The van der Waals surface area contributed by atoms with Crippen molar-refractivity contribution in [3.8, 4) is 0 Å². The van der Waals surface area contributed by atoms with Gasteiger partial charge < -0.3 is 15.5 Å². The molecule has 1 aliphatic rings. The van der Waals surface area contributed by atoms with Gasteiger partial charge in [-0.1, -0.05) is 6.92 Å². The molecule has 1 saturated heterocycles. The van der Waals surface area contributed by atoms with Crippen LogP contribution in [0.1, 0.15) is 26.7 Å². The summed E-state index contributed by atoms with van der Waals surface area (Å²) in [5, 5.41) is 0. The molecule has 90 valence electrons. The van der Waals surface area contributed by atoms with Gasteiger partial charge in [0.25, 0.3) is 0 Å². The molecular weight excluding hydrogens is 186 g/mol. The van der Waals surface area contributed by atoms with Gasteiger partial charge in [-0.15, -0.1) is 0 Å². The number of hydrogen-bond acceptors (Lipinski definition) is 3. The van der Waals surface area contributed by atoms with Crippen LogP contribution < -0.4 is 5.73 Å². The summed E-state index contributed by atoms with van der Waals surface area (Å²) in [6, 6.07) is 1.36. The lowest BCUT2D eigenvalue weighted by molar-refractivity contribution is 0.0919. The highest BCUT2D eigenvalue weighted by Gasteiger charge is 2.25. The van der Waals surface area contributed by atoms with Crippen LogP contribution in [0.15, 0.2) is 0 Å². The Kier molecular flexibility index (Phi) is 5.03. The first-order chi connectivity index (χ1) is 7.06. The summed E-state index contributed by atoms with van der Waals surface area (Å²) in [6.45, 7) is 7.81. The molecule has 1 fully saturated rings. The molecule has 1 heterocycles. The summed E-state index contributed by atoms with van der Waals surface area (Å²) in [5.41, 5.74) is 5.73. The number of nitrogens with two attached hydrogens (primary N) is 1. The van der Waals surface area contributed by atoms with Gasteiger partial charge in [0.2, 0.25) is 0 Å². The fraction of sp³-hybridized carbons (Fsp3) is 1.00. The SMILES string of the molecule is CC(CN)C(C)N(C)C1CCN(C)CC1. The van der Waals surface area contributed by atoms with E-state index in [1.807, 2.05) is 0 Å². The van der Waals surface area contributed by atoms with Crippen molar-refractivity contribution in [2.24, 2.45) is 11.7 Å². The zero-order valence-corrected chi connectivity index (χ0v) is 10.7. The van der Waals surface area contributed by atoms with E-state index >= 15 is 0 Å². The standard InChI is InChI=1S/C12H27N3/c1-10(9-13)11(2)15(4)12-5-7-14(3)8-6-12/h10-12H,5-9,13H2,1-4H3. The van der Waals surface area contributed by atoms with Crippen LogP contribution >= 0.6 is 0 Å². The van der Waals surface area contributed by atoms with Crippen molar-refractivity contribution in [1.82, 2.24) is 9.80 Å². The minimum atomic E-state index is 0.592. The third kappa shape index (κ3) is 3.44. The van der Waals surface area contributed by atoms with Gasteiger partial charge in [0.15, 0.2) is 0 Å². The van der Waals surface area contributed by atoms with Gasteiger partial charge in [0.05, 0.1) is 0 Å². The second-order valence-electron chi connectivity index (χ2n) is 5.15. The van der Waals surface area contributed by atoms with Gasteiger partial charge in [-0.25, -0.2) is 0 Å². The van der Waals surface area contributed by atoms with Crippen LogP contribution in [0, 0.1) is 5.92 Å². The molecule has 0 aliphatic carbocycles. The van der Waals surface area contributed by atoms with E-state index < -0.39 is 0 Å². The maximum Gasteiger partial charge on any atom is 0.0119 e. The molecule has 2 atom stereocenters. The van der Waals surface area contributed by atoms with E-state index in [1.165, 1.54) is 25.9 Å². The van der Waals surface area contributed by atoms with Crippen LogP contribution in [0.4, 0.5) is 0 Å². The molecule has 0 saturated carbocycles. The first-order valence-electron chi connectivity index (χ1n) is 6.16. The predicted octanol–water partition coefficient (Wildman–Crippen LogP) is 0.996. The normalized spacial score (nSPS) is 24.4. The molecule has 0 aromatic rings. The fourth-order valence-electron chi connectivity index (χ4n) is 2.33. The van der Waals surface area contributed by atoms with Crippen LogP contribution in [0.2, 0.25) is 0 Å². The van der Waals surface area contributed by atoms with Gasteiger partial charge >= 0.3 is 0 Å². The quantitative estimate of drug-likeness (QED) is 0.756. The molecule has 2 unspecified atom stereocenters. The number of hydrogen-bond donors (Lipinski definition) is 1. The van der Waals surface area contributed by atoms with Crippen molar-refractivity contribution in [2.75, 3.05) is 33.7 Å². The number of nitrogens with zero attached hydrogens (tertiary/aromatic N) is 2. The van der Waals surface area contributed by atoms with Gasteiger partial charge in [0.1, 0.15) is 0 Å². The van der Waals surface area contributed by atoms with Crippen LogP contribution in [0.25, 0.3) is 0 Å². The summed E-state index contributed by atoms with van der Waals surface area (Å²) in [6.07, 6.45) is 2.60. The van der Waals surface area contributed by atoms with Crippen molar-refractivity contribution < 1.29 is 0 Å². The Balaban J connectivity index is 2.42. The lowest BCUT2D eigenvalue weighted by Gasteiger charge is -2.40. The topological polar surface area (TPSA) is 32.5 Å². The van der Waals surface area contributed by atoms with Crippen LogP contribution in [0.3, 0.4) is 0 Å². The van der Waals surface area contributed by atoms with Crippen molar-refractivity contribution in [2.45, 2.75) is 38.8 Å². The largest absolute Gasteiger partial charge is 0.330 e. The molecule has 1 aliphatic heterocycles. The van der Waals surface area contributed by atoms with Crippen molar-refractivity contribution in [3.63, 3.8) is 0 Å². The molecule has 0 amide bonds. The zero-order valence-electron chi connectivity index (χ0n) is 10.7. The van der Waals surface area contributed by atoms with Crippen LogP contribution in [0.5, 0.6) is 0 Å². The summed E-state index contributed by atoms with van der Waals surface area (Å²) in [4.78, 5) is 4.95. The average Bonchev–Trinajstić information content (AvgIpc) is 2.27. The second-order valence-corrected chi connectivity index (χ2v) is 5.15. The first-order valence-corrected chi connectivity index (χ1v) is 6.16. The molecule has 0 radical (unpaired) electrons. The minimum Gasteiger partial charge on any atom is -0.330 e. The average molecular weight is 213 g/mol. The zero-order chi connectivity index (χ0) is 11.4. The number of rotatable bonds is 4. The minimum absolute atomic E-state index is 0.592. The Morgan fingerprint density at radius 1 is 1.33 bits per heavy atom. The van der Waals surface area contributed by atoms with E-state index in [1.54, 1.807) is 0 Å². The van der Waals surface area contributed by atoms with E-state index in [-0.39, 0.29) is 0 Å². The van der Waals surface area contributed by atoms with Gasteiger partial charge in [-0.05, 0) is 59.4 Å². The molecule has 3 nitrogen and oxygen atoms in total. The maximum atomic E-state index is 5.73. The van der Waals surface area contributed by atoms with E-state index in [9.17, 15) is 0 Å². The highest BCUT2D eigenvalue weighted by atomic mass is 15.2. The summed E-state index contributed by atoms with van der Waals surface area (Å²) in [7, 11) is 4.47. The van der Waals surface area contributed by atoms with Crippen molar-refractivity contribution in [3.05, 3.63) is 0 Å². The lowest BCUT2D eigenvalue weighted by atomic mass is 9.97. The molecule has 2 N–H and O–H groups in total. The van der Waals surface area contributed by atoms with E-state index in [4.69, 9.17) is 5.73 Å². The van der Waals surface area contributed by atoms with E-state index in [0.29, 0.717) is 12.0 Å². The molecule has 15 heavy (non-hydrogen) atoms. The van der Waals surface area contributed by atoms with E-state index in [0.717, 1.165) is 12.6 Å². The number of piperidine rings is 1. The highest BCUT2D eigenvalue weighted by Crippen LogP contribution is 2.19. The van der Waals surface area contributed by atoms with E-state index in [2.05, 4.69) is 37.7 Å². The third-order valence-electron chi connectivity index (χ3n) is 4.10. The Hall–Kier alpha value is -0.120. The second kappa shape index (κ2) is 5.83. The lowest BCUT2D eigenvalue weighted by Crippen LogP contribution is -2.48. The Morgan fingerprint density at radius 3 is 2.33 bits per heavy atom. The van der Waals surface area contributed by atoms with Crippen molar-refractivity contribution in [1.29, 1.82) is 0 Å². The summed E-state index contributed by atoms with van der Waals surface area (Å²) < 4.78 is 0. The highest BCUT2D eigenvalue weighted by molar-refractivity contribution is 4.81. The fourth-order valence-corrected chi connectivity index (χ4v) is 2.33.